The number of aromatic nitrogens is 2. The summed E-state index contributed by atoms with van der Waals surface area (Å²) in [6.45, 7) is 2.28. The Morgan fingerprint density at radius 3 is 2.68 bits per heavy atom. The molecule has 1 aromatic heterocycles. The fourth-order valence-electron chi connectivity index (χ4n) is 2.72. The minimum atomic E-state index is -0.800. The van der Waals surface area contributed by atoms with Crippen LogP contribution in [0.15, 0.2) is 42.7 Å². The first-order valence-electron chi connectivity index (χ1n) is 7.35. The first kappa shape index (κ1) is 15.1. The van der Waals surface area contributed by atoms with E-state index in [1.165, 1.54) is 0 Å². The predicted octanol–water partition coefficient (Wildman–Crippen LogP) is 2.11. The molecule has 1 saturated heterocycles. The van der Waals surface area contributed by atoms with Gasteiger partial charge in [0, 0.05) is 36.4 Å². The van der Waals surface area contributed by atoms with Crippen molar-refractivity contribution in [3.63, 3.8) is 0 Å². The lowest BCUT2D eigenvalue weighted by molar-refractivity contribution is -0.143. The molecular weight excluding hydrogens is 298 g/mol. The van der Waals surface area contributed by atoms with Crippen molar-refractivity contribution in [2.45, 2.75) is 12.6 Å². The Balaban J connectivity index is 1.76. The van der Waals surface area contributed by atoms with Crippen LogP contribution in [0.2, 0.25) is 0 Å². The van der Waals surface area contributed by atoms with E-state index in [4.69, 9.17) is 0 Å². The number of benzene rings is 1. The van der Waals surface area contributed by atoms with Gasteiger partial charge in [-0.1, -0.05) is 30.3 Å². The van der Waals surface area contributed by atoms with E-state index in [1.807, 2.05) is 53.2 Å². The summed E-state index contributed by atoms with van der Waals surface area (Å²) in [4.78, 5) is 13.7. The Kier molecular flexibility index (Phi) is 4.80. The molecule has 22 heavy (non-hydrogen) atoms. The molecule has 6 heteroatoms. The van der Waals surface area contributed by atoms with Crippen LogP contribution in [-0.4, -0.2) is 50.4 Å². The van der Waals surface area contributed by atoms with Crippen molar-refractivity contribution < 1.29 is 9.90 Å². The van der Waals surface area contributed by atoms with E-state index in [-0.39, 0.29) is 0 Å². The molecule has 1 N–H and O–H groups in total. The molecule has 0 radical (unpaired) electrons. The average Bonchev–Trinajstić information content (AvgIpc) is 2.97. The number of nitrogens with zero attached hydrogens (tertiary/aromatic N) is 3. The Labute approximate surface area is 133 Å². The molecule has 116 valence electrons. The second-order valence-corrected chi connectivity index (χ2v) is 6.57. The molecule has 5 nitrogen and oxygen atoms in total. The van der Waals surface area contributed by atoms with Crippen LogP contribution in [0.4, 0.5) is 0 Å². The molecule has 1 aliphatic rings. The lowest BCUT2D eigenvalue weighted by Crippen LogP contribution is -2.39. The van der Waals surface area contributed by atoms with E-state index in [2.05, 4.69) is 5.10 Å². The summed E-state index contributed by atoms with van der Waals surface area (Å²) in [5.41, 5.74) is 1.91. The highest BCUT2D eigenvalue weighted by atomic mass is 32.2. The Bertz CT molecular complexity index is 623. The van der Waals surface area contributed by atoms with Crippen molar-refractivity contribution >= 4 is 17.7 Å². The van der Waals surface area contributed by atoms with Gasteiger partial charge in [-0.2, -0.15) is 16.9 Å². The van der Waals surface area contributed by atoms with Crippen molar-refractivity contribution in [3.05, 3.63) is 53.9 Å². The molecule has 1 aliphatic heterocycles. The van der Waals surface area contributed by atoms with Crippen LogP contribution in [0.1, 0.15) is 17.2 Å². The lowest BCUT2D eigenvalue weighted by Gasteiger charge is -2.31. The zero-order valence-electron chi connectivity index (χ0n) is 12.3. The van der Waals surface area contributed by atoms with Crippen LogP contribution < -0.4 is 0 Å². The standard InChI is InChI=1S/C16H19N3O2S/c20-16(21)15(18-6-8-22-9-7-18)14-10-17-19(12-14)11-13-4-2-1-3-5-13/h1-5,10,12,15H,6-9,11H2,(H,20,21). The molecule has 1 fully saturated rings. The molecule has 2 heterocycles. The van der Waals surface area contributed by atoms with Crippen LogP contribution in [0.3, 0.4) is 0 Å². The van der Waals surface area contributed by atoms with Crippen molar-refractivity contribution in [2.24, 2.45) is 0 Å². The van der Waals surface area contributed by atoms with E-state index in [0.29, 0.717) is 6.54 Å². The van der Waals surface area contributed by atoms with Gasteiger partial charge in [-0.3, -0.25) is 14.4 Å². The van der Waals surface area contributed by atoms with Crippen molar-refractivity contribution in [3.8, 4) is 0 Å². The van der Waals surface area contributed by atoms with Gasteiger partial charge in [-0.15, -0.1) is 0 Å². The first-order chi connectivity index (χ1) is 10.7. The zero-order chi connectivity index (χ0) is 15.4. The molecule has 0 saturated carbocycles. The maximum absolute atomic E-state index is 11.7. The van der Waals surface area contributed by atoms with E-state index < -0.39 is 12.0 Å². The van der Waals surface area contributed by atoms with Crippen LogP contribution in [0.5, 0.6) is 0 Å². The number of hydrogen-bond donors (Lipinski definition) is 1. The van der Waals surface area contributed by atoms with Crippen molar-refractivity contribution in [1.82, 2.24) is 14.7 Å². The lowest BCUT2D eigenvalue weighted by atomic mass is 10.1. The highest BCUT2D eigenvalue weighted by Gasteiger charge is 2.29. The molecule has 1 unspecified atom stereocenters. The van der Waals surface area contributed by atoms with Gasteiger partial charge in [-0.05, 0) is 5.56 Å². The minimum Gasteiger partial charge on any atom is -0.480 e. The predicted molar refractivity (Wildman–Crippen MR) is 87.0 cm³/mol. The van der Waals surface area contributed by atoms with Gasteiger partial charge >= 0.3 is 5.97 Å². The smallest absolute Gasteiger partial charge is 0.325 e. The topological polar surface area (TPSA) is 58.4 Å². The maximum atomic E-state index is 11.7. The molecule has 1 atom stereocenters. The van der Waals surface area contributed by atoms with Crippen molar-refractivity contribution in [2.75, 3.05) is 24.6 Å². The van der Waals surface area contributed by atoms with E-state index in [0.717, 1.165) is 35.7 Å². The molecule has 0 spiro atoms. The van der Waals surface area contributed by atoms with Gasteiger partial charge in [0.25, 0.3) is 0 Å². The first-order valence-corrected chi connectivity index (χ1v) is 8.50. The third-order valence-electron chi connectivity index (χ3n) is 3.80. The molecule has 3 rings (SSSR count). The van der Waals surface area contributed by atoms with Crippen LogP contribution >= 0.6 is 11.8 Å². The summed E-state index contributed by atoms with van der Waals surface area (Å²) >= 11 is 1.87. The third kappa shape index (κ3) is 3.51. The molecule has 0 amide bonds. The maximum Gasteiger partial charge on any atom is 0.325 e. The van der Waals surface area contributed by atoms with Gasteiger partial charge in [0.2, 0.25) is 0 Å². The number of carbonyl (C=O) groups is 1. The number of aliphatic carboxylic acids is 1. The number of rotatable bonds is 5. The SMILES string of the molecule is O=C(O)C(c1cnn(Cc2ccccc2)c1)N1CCSCC1. The van der Waals surface area contributed by atoms with E-state index in [1.54, 1.807) is 10.9 Å². The summed E-state index contributed by atoms with van der Waals surface area (Å²) in [5.74, 6) is 1.18. The highest BCUT2D eigenvalue weighted by molar-refractivity contribution is 7.99. The van der Waals surface area contributed by atoms with E-state index >= 15 is 0 Å². The fourth-order valence-corrected chi connectivity index (χ4v) is 3.65. The quantitative estimate of drug-likeness (QED) is 0.915. The largest absolute Gasteiger partial charge is 0.480 e. The fraction of sp³-hybridized carbons (Fsp3) is 0.375. The Morgan fingerprint density at radius 1 is 1.27 bits per heavy atom. The molecule has 0 bridgehead atoms. The highest BCUT2D eigenvalue weighted by Crippen LogP contribution is 2.24. The second-order valence-electron chi connectivity index (χ2n) is 5.35. The van der Waals surface area contributed by atoms with Gasteiger partial charge in [0.1, 0.15) is 6.04 Å². The monoisotopic (exact) mass is 317 g/mol. The zero-order valence-corrected chi connectivity index (χ0v) is 13.1. The number of thioether (sulfide) groups is 1. The van der Waals surface area contributed by atoms with Gasteiger partial charge in [0.15, 0.2) is 0 Å². The van der Waals surface area contributed by atoms with Gasteiger partial charge in [-0.25, -0.2) is 0 Å². The second kappa shape index (κ2) is 6.98. The Morgan fingerprint density at radius 2 is 2.00 bits per heavy atom. The summed E-state index contributed by atoms with van der Waals surface area (Å²) in [5, 5.41) is 13.9. The number of hydrogen-bond acceptors (Lipinski definition) is 4. The summed E-state index contributed by atoms with van der Waals surface area (Å²) in [6.07, 6.45) is 3.54. The number of carboxylic acids is 1. The summed E-state index contributed by atoms with van der Waals surface area (Å²) < 4.78 is 1.80. The van der Waals surface area contributed by atoms with Crippen molar-refractivity contribution in [1.29, 1.82) is 0 Å². The minimum absolute atomic E-state index is 0.592. The molecular formula is C16H19N3O2S. The van der Waals surface area contributed by atoms with E-state index in [9.17, 15) is 9.90 Å². The normalized spacial score (nSPS) is 17.3. The third-order valence-corrected chi connectivity index (χ3v) is 4.74. The Hall–Kier alpha value is -1.79. The van der Waals surface area contributed by atoms with Crippen LogP contribution in [0.25, 0.3) is 0 Å². The summed E-state index contributed by atoms with van der Waals surface area (Å²) in [6, 6.07) is 9.45. The molecule has 2 aromatic rings. The summed E-state index contributed by atoms with van der Waals surface area (Å²) in [7, 11) is 0. The van der Waals surface area contributed by atoms with Crippen LogP contribution in [-0.2, 0) is 11.3 Å². The molecule has 1 aromatic carbocycles. The van der Waals surface area contributed by atoms with Gasteiger partial charge < -0.3 is 5.11 Å². The molecule has 0 aliphatic carbocycles. The van der Waals surface area contributed by atoms with Gasteiger partial charge in [0.05, 0.1) is 12.7 Å². The average molecular weight is 317 g/mol. The number of carboxylic acid groups (broad SMARTS) is 1. The van der Waals surface area contributed by atoms with Crippen LogP contribution in [0, 0.1) is 0 Å².